The molecule has 0 bridgehead atoms. The number of thiophene rings is 1. The Balaban J connectivity index is 1.89. The van der Waals surface area contributed by atoms with E-state index in [1.807, 2.05) is 17.5 Å². The van der Waals surface area contributed by atoms with E-state index in [2.05, 4.69) is 24.5 Å². The van der Waals surface area contributed by atoms with Gasteiger partial charge in [0.15, 0.2) is 0 Å². The Morgan fingerprint density at radius 3 is 2.43 bits per heavy atom. The third kappa shape index (κ3) is 5.08. The zero-order chi connectivity index (χ0) is 16.8. The van der Waals surface area contributed by atoms with Crippen LogP contribution in [0.25, 0.3) is 0 Å². The Bertz CT molecular complexity index is 654. The highest BCUT2D eigenvalue weighted by molar-refractivity contribution is 7.10. The van der Waals surface area contributed by atoms with Crippen molar-refractivity contribution in [3.8, 4) is 0 Å². The van der Waals surface area contributed by atoms with E-state index in [1.165, 1.54) is 0 Å². The van der Waals surface area contributed by atoms with Crippen molar-refractivity contribution in [1.29, 1.82) is 0 Å². The first kappa shape index (κ1) is 17.5. The van der Waals surface area contributed by atoms with Gasteiger partial charge in [-0.1, -0.05) is 31.5 Å². The molecule has 4 nitrogen and oxygen atoms in total. The molecular formula is C17H19ClN2O2S. The predicted molar refractivity (Wildman–Crippen MR) is 93.8 cm³/mol. The largest absolute Gasteiger partial charge is 0.347 e. The Labute approximate surface area is 144 Å². The van der Waals surface area contributed by atoms with Crippen LogP contribution < -0.4 is 10.6 Å². The summed E-state index contributed by atoms with van der Waals surface area (Å²) < 4.78 is 0. The van der Waals surface area contributed by atoms with Crippen LogP contribution in [0, 0.1) is 5.92 Å². The third-order valence-electron chi connectivity index (χ3n) is 3.35. The molecule has 1 aromatic carbocycles. The molecule has 1 heterocycles. The summed E-state index contributed by atoms with van der Waals surface area (Å²) in [4.78, 5) is 25.2. The topological polar surface area (TPSA) is 58.2 Å². The standard InChI is InChI=1S/C17H19ClN2O2S/c1-11(2)16(14-4-3-9-23-14)20-15(21)10-19-17(22)12-5-7-13(18)8-6-12/h3-9,11,16H,10H2,1-2H3,(H,19,22)(H,20,21)/t16-/m0/s1. The highest BCUT2D eigenvalue weighted by Crippen LogP contribution is 2.25. The highest BCUT2D eigenvalue weighted by Gasteiger charge is 2.19. The van der Waals surface area contributed by atoms with Crippen molar-refractivity contribution in [3.63, 3.8) is 0 Å². The van der Waals surface area contributed by atoms with Crippen molar-refractivity contribution >= 4 is 34.8 Å². The van der Waals surface area contributed by atoms with Crippen LogP contribution in [-0.2, 0) is 4.79 Å². The van der Waals surface area contributed by atoms with Crippen LogP contribution in [0.3, 0.4) is 0 Å². The molecule has 122 valence electrons. The van der Waals surface area contributed by atoms with Crippen LogP contribution in [0.15, 0.2) is 41.8 Å². The van der Waals surface area contributed by atoms with E-state index >= 15 is 0 Å². The maximum Gasteiger partial charge on any atom is 0.251 e. The number of rotatable bonds is 6. The molecule has 2 aromatic rings. The molecule has 0 spiro atoms. The second-order valence-electron chi connectivity index (χ2n) is 5.49. The van der Waals surface area contributed by atoms with E-state index in [0.717, 1.165) is 4.88 Å². The molecule has 1 aromatic heterocycles. The van der Waals surface area contributed by atoms with Crippen molar-refractivity contribution in [2.24, 2.45) is 5.92 Å². The monoisotopic (exact) mass is 350 g/mol. The summed E-state index contributed by atoms with van der Waals surface area (Å²) in [6, 6.07) is 10.4. The van der Waals surface area contributed by atoms with Crippen LogP contribution in [0.5, 0.6) is 0 Å². The molecule has 0 fully saturated rings. The summed E-state index contributed by atoms with van der Waals surface area (Å²) >= 11 is 7.39. The normalized spacial score (nSPS) is 12.0. The van der Waals surface area contributed by atoms with Gasteiger partial charge in [-0.25, -0.2) is 0 Å². The van der Waals surface area contributed by atoms with Crippen LogP contribution in [0.2, 0.25) is 5.02 Å². The van der Waals surface area contributed by atoms with Crippen LogP contribution in [0.1, 0.15) is 35.1 Å². The summed E-state index contributed by atoms with van der Waals surface area (Å²) in [5.41, 5.74) is 0.473. The zero-order valence-electron chi connectivity index (χ0n) is 13.0. The van der Waals surface area contributed by atoms with Crippen molar-refractivity contribution in [1.82, 2.24) is 10.6 Å². The molecular weight excluding hydrogens is 332 g/mol. The van der Waals surface area contributed by atoms with Gasteiger partial charge in [0.1, 0.15) is 0 Å². The average molecular weight is 351 g/mol. The Hall–Kier alpha value is -1.85. The van der Waals surface area contributed by atoms with E-state index < -0.39 is 0 Å². The minimum Gasteiger partial charge on any atom is -0.347 e. The summed E-state index contributed by atoms with van der Waals surface area (Å²) in [5.74, 6) is -0.238. The zero-order valence-corrected chi connectivity index (χ0v) is 14.6. The van der Waals surface area contributed by atoms with E-state index in [4.69, 9.17) is 11.6 Å². The molecule has 2 amide bonds. The lowest BCUT2D eigenvalue weighted by molar-refractivity contribution is -0.121. The van der Waals surface area contributed by atoms with Crippen molar-refractivity contribution in [2.45, 2.75) is 19.9 Å². The average Bonchev–Trinajstić information content (AvgIpc) is 3.04. The van der Waals surface area contributed by atoms with E-state index in [9.17, 15) is 9.59 Å². The van der Waals surface area contributed by atoms with Gasteiger partial charge >= 0.3 is 0 Å². The highest BCUT2D eigenvalue weighted by atomic mass is 35.5. The number of carbonyl (C=O) groups excluding carboxylic acids is 2. The lowest BCUT2D eigenvalue weighted by atomic mass is 10.0. The predicted octanol–water partition coefficient (Wildman–Crippen LogP) is 3.64. The molecule has 0 saturated heterocycles. The van der Waals surface area contributed by atoms with Gasteiger partial charge in [-0.15, -0.1) is 11.3 Å². The first-order chi connectivity index (χ1) is 11.0. The van der Waals surface area contributed by atoms with Gasteiger partial charge in [0.2, 0.25) is 5.91 Å². The summed E-state index contributed by atoms with van der Waals surface area (Å²) in [7, 11) is 0. The van der Waals surface area contributed by atoms with Crippen LogP contribution in [0.4, 0.5) is 0 Å². The Kier molecular flexibility index (Phi) is 6.19. The van der Waals surface area contributed by atoms with Crippen LogP contribution >= 0.6 is 22.9 Å². The van der Waals surface area contributed by atoms with Crippen molar-refractivity contribution < 1.29 is 9.59 Å². The maximum absolute atomic E-state index is 12.1. The van der Waals surface area contributed by atoms with Gasteiger partial charge < -0.3 is 10.6 Å². The smallest absolute Gasteiger partial charge is 0.251 e. The third-order valence-corrected chi connectivity index (χ3v) is 4.56. The van der Waals surface area contributed by atoms with Gasteiger partial charge in [0.25, 0.3) is 5.91 Å². The molecule has 2 rings (SSSR count). The van der Waals surface area contributed by atoms with E-state index in [0.29, 0.717) is 10.6 Å². The lowest BCUT2D eigenvalue weighted by Crippen LogP contribution is -2.39. The van der Waals surface area contributed by atoms with Crippen molar-refractivity contribution in [2.75, 3.05) is 6.54 Å². The molecule has 23 heavy (non-hydrogen) atoms. The maximum atomic E-state index is 12.1. The lowest BCUT2D eigenvalue weighted by Gasteiger charge is -2.21. The molecule has 1 atom stereocenters. The summed E-state index contributed by atoms with van der Waals surface area (Å²) in [5, 5.41) is 8.14. The molecule has 0 aliphatic rings. The molecule has 0 unspecified atom stereocenters. The fourth-order valence-electron chi connectivity index (χ4n) is 2.12. The molecule has 0 radical (unpaired) electrons. The fourth-order valence-corrected chi connectivity index (χ4v) is 3.20. The van der Waals surface area contributed by atoms with Gasteiger partial charge in [-0.2, -0.15) is 0 Å². The Morgan fingerprint density at radius 1 is 1.17 bits per heavy atom. The number of nitrogens with one attached hydrogen (secondary N) is 2. The number of halogens is 1. The quantitative estimate of drug-likeness (QED) is 0.835. The first-order valence-electron chi connectivity index (χ1n) is 7.34. The van der Waals surface area contributed by atoms with Gasteiger partial charge in [-0.05, 0) is 41.6 Å². The second-order valence-corrected chi connectivity index (χ2v) is 6.91. The second kappa shape index (κ2) is 8.13. The number of benzene rings is 1. The Morgan fingerprint density at radius 2 is 1.87 bits per heavy atom. The molecule has 2 N–H and O–H groups in total. The number of hydrogen-bond donors (Lipinski definition) is 2. The molecule has 0 aliphatic carbocycles. The van der Waals surface area contributed by atoms with Gasteiger partial charge in [0, 0.05) is 15.5 Å². The minimum absolute atomic E-state index is 0.0464. The number of hydrogen-bond acceptors (Lipinski definition) is 3. The van der Waals surface area contributed by atoms with E-state index in [1.54, 1.807) is 35.6 Å². The number of amides is 2. The van der Waals surface area contributed by atoms with Crippen molar-refractivity contribution in [3.05, 3.63) is 57.2 Å². The summed E-state index contributed by atoms with van der Waals surface area (Å²) in [6.45, 7) is 4.05. The first-order valence-corrected chi connectivity index (χ1v) is 8.59. The SMILES string of the molecule is CC(C)[C@H](NC(=O)CNC(=O)c1ccc(Cl)cc1)c1cccs1. The molecule has 0 aliphatic heterocycles. The number of carbonyl (C=O) groups is 2. The van der Waals surface area contributed by atoms with Crippen LogP contribution in [-0.4, -0.2) is 18.4 Å². The minimum atomic E-state index is -0.297. The van der Waals surface area contributed by atoms with E-state index in [-0.39, 0.29) is 30.3 Å². The molecule has 6 heteroatoms. The van der Waals surface area contributed by atoms with Gasteiger partial charge in [0.05, 0.1) is 12.6 Å². The summed E-state index contributed by atoms with van der Waals surface area (Å²) in [6.07, 6.45) is 0. The van der Waals surface area contributed by atoms with Gasteiger partial charge in [-0.3, -0.25) is 9.59 Å². The molecule has 0 saturated carbocycles. The fraction of sp³-hybridized carbons (Fsp3) is 0.294.